The van der Waals surface area contributed by atoms with Crippen LogP contribution in [-0.4, -0.2) is 16.2 Å². The zero-order chi connectivity index (χ0) is 15.0. The summed E-state index contributed by atoms with van der Waals surface area (Å²) in [5.41, 5.74) is 4.20. The summed E-state index contributed by atoms with van der Waals surface area (Å²) in [4.78, 5) is 3.56. The minimum Gasteiger partial charge on any atom is -0.334 e. The molecule has 2 aromatic rings. The molecule has 9 heteroatoms. The molecule has 2 rings (SSSR count). The summed E-state index contributed by atoms with van der Waals surface area (Å²) >= 11 is 0. The molecular weight excluding hydrogens is 285 g/mol. The van der Waals surface area contributed by atoms with Crippen molar-refractivity contribution < 1.29 is 26.5 Å². The number of benzene rings is 1. The van der Waals surface area contributed by atoms with Gasteiger partial charge in [0.15, 0.2) is 29.1 Å². The molecule has 0 bridgehead atoms. The van der Waals surface area contributed by atoms with E-state index in [1.54, 1.807) is 6.92 Å². The van der Waals surface area contributed by atoms with Crippen molar-refractivity contribution >= 4 is 0 Å². The standard InChI is InChI=1S/C11H8F5N3O/c1-3(17)2-4-18-11(20-19-4)5-6(12)8(14)10(16)9(15)7(5)13/h3H,2,17H2,1H3. The number of halogens is 5. The maximum atomic E-state index is 13.5. The minimum atomic E-state index is -2.25. The third-order valence-electron chi connectivity index (χ3n) is 2.40. The Kier molecular flexibility index (Phi) is 3.71. The van der Waals surface area contributed by atoms with Crippen LogP contribution in [0.15, 0.2) is 4.52 Å². The number of aromatic nitrogens is 2. The first kappa shape index (κ1) is 14.4. The first-order valence-corrected chi connectivity index (χ1v) is 5.42. The van der Waals surface area contributed by atoms with Gasteiger partial charge < -0.3 is 10.3 Å². The minimum absolute atomic E-state index is 0.000980. The fourth-order valence-corrected chi connectivity index (χ4v) is 1.52. The molecule has 1 heterocycles. The second-order valence-electron chi connectivity index (χ2n) is 4.14. The molecule has 0 amide bonds. The highest BCUT2D eigenvalue weighted by Gasteiger charge is 2.29. The van der Waals surface area contributed by atoms with Crippen molar-refractivity contribution in [2.24, 2.45) is 5.73 Å². The molecule has 0 saturated carbocycles. The molecule has 108 valence electrons. The van der Waals surface area contributed by atoms with Gasteiger partial charge in [0.2, 0.25) is 5.82 Å². The van der Waals surface area contributed by atoms with E-state index in [0.29, 0.717) is 0 Å². The Balaban J connectivity index is 2.56. The Bertz CT molecular complexity index is 627. The molecule has 1 unspecified atom stereocenters. The molecule has 0 aliphatic carbocycles. The second-order valence-corrected chi connectivity index (χ2v) is 4.14. The smallest absolute Gasteiger partial charge is 0.264 e. The summed E-state index contributed by atoms with van der Waals surface area (Å²) in [5, 5.41) is 3.36. The number of hydrogen-bond acceptors (Lipinski definition) is 4. The summed E-state index contributed by atoms with van der Waals surface area (Å²) < 4.78 is 70.4. The number of hydrogen-bond donors (Lipinski definition) is 1. The van der Waals surface area contributed by atoms with E-state index in [4.69, 9.17) is 5.73 Å². The van der Waals surface area contributed by atoms with E-state index < -0.39 is 40.5 Å². The molecule has 0 radical (unpaired) electrons. The Labute approximate surface area is 109 Å². The van der Waals surface area contributed by atoms with Crippen LogP contribution < -0.4 is 5.73 Å². The van der Waals surface area contributed by atoms with Gasteiger partial charge in [-0.2, -0.15) is 4.98 Å². The maximum absolute atomic E-state index is 13.5. The molecule has 1 aromatic heterocycles. The molecule has 1 atom stereocenters. The topological polar surface area (TPSA) is 64.9 Å². The molecule has 0 aliphatic heterocycles. The van der Waals surface area contributed by atoms with Crippen molar-refractivity contribution in [3.05, 3.63) is 34.9 Å². The van der Waals surface area contributed by atoms with E-state index in [-0.39, 0.29) is 18.3 Å². The molecule has 0 saturated heterocycles. The summed E-state index contributed by atoms with van der Waals surface area (Å²) in [6, 6.07) is -0.364. The van der Waals surface area contributed by atoms with Gasteiger partial charge in [-0.3, -0.25) is 0 Å². The van der Waals surface area contributed by atoms with Gasteiger partial charge in [0, 0.05) is 12.5 Å². The monoisotopic (exact) mass is 293 g/mol. The van der Waals surface area contributed by atoms with Crippen LogP contribution in [-0.2, 0) is 6.42 Å². The fourth-order valence-electron chi connectivity index (χ4n) is 1.52. The predicted octanol–water partition coefficient (Wildman–Crippen LogP) is 2.32. The number of rotatable bonds is 3. The molecular formula is C11H8F5N3O. The predicted molar refractivity (Wildman–Crippen MR) is 56.9 cm³/mol. The third kappa shape index (κ3) is 2.36. The van der Waals surface area contributed by atoms with Crippen LogP contribution in [0, 0.1) is 29.1 Å². The van der Waals surface area contributed by atoms with E-state index in [1.807, 2.05) is 0 Å². The molecule has 0 spiro atoms. The summed E-state index contributed by atoms with van der Waals surface area (Å²) in [5.74, 6) is -11.3. The van der Waals surface area contributed by atoms with E-state index in [2.05, 4.69) is 14.7 Å². The van der Waals surface area contributed by atoms with E-state index in [9.17, 15) is 22.0 Å². The Morgan fingerprint density at radius 2 is 1.50 bits per heavy atom. The highest BCUT2D eigenvalue weighted by Crippen LogP contribution is 2.30. The van der Waals surface area contributed by atoms with E-state index in [0.717, 1.165) is 0 Å². The largest absolute Gasteiger partial charge is 0.334 e. The number of nitrogens with two attached hydrogens (primary N) is 1. The van der Waals surface area contributed by atoms with Crippen LogP contribution in [0.1, 0.15) is 12.7 Å². The van der Waals surface area contributed by atoms with Gasteiger partial charge in [-0.1, -0.05) is 5.16 Å². The van der Waals surface area contributed by atoms with Gasteiger partial charge >= 0.3 is 0 Å². The van der Waals surface area contributed by atoms with Crippen molar-refractivity contribution in [2.45, 2.75) is 19.4 Å². The molecule has 20 heavy (non-hydrogen) atoms. The fraction of sp³-hybridized carbons (Fsp3) is 0.273. The van der Waals surface area contributed by atoms with Crippen LogP contribution in [0.4, 0.5) is 22.0 Å². The molecule has 0 aliphatic rings. The van der Waals surface area contributed by atoms with Crippen molar-refractivity contribution in [3.8, 4) is 11.5 Å². The van der Waals surface area contributed by atoms with Crippen molar-refractivity contribution in [1.29, 1.82) is 0 Å². The molecule has 4 nitrogen and oxygen atoms in total. The maximum Gasteiger partial charge on any atom is 0.264 e. The van der Waals surface area contributed by atoms with Gasteiger partial charge in [-0.05, 0) is 6.92 Å². The van der Waals surface area contributed by atoms with E-state index >= 15 is 0 Å². The highest BCUT2D eigenvalue weighted by molar-refractivity contribution is 5.55. The highest BCUT2D eigenvalue weighted by atomic mass is 19.2. The lowest BCUT2D eigenvalue weighted by molar-refractivity contribution is 0.371. The Morgan fingerprint density at radius 3 is 2.00 bits per heavy atom. The van der Waals surface area contributed by atoms with Crippen LogP contribution in [0.2, 0.25) is 0 Å². The quantitative estimate of drug-likeness (QED) is 0.536. The first-order chi connectivity index (χ1) is 9.32. The molecule has 0 fully saturated rings. The molecule has 2 N–H and O–H groups in total. The van der Waals surface area contributed by atoms with Crippen LogP contribution in [0.25, 0.3) is 11.5 Å². The van der Waals surface area contributed by atoms with Crippen molar-refractivity contribution in [3.63, 3.8) is 0 Å². The Morgan fingerprint density at radius 1 is 1.00 bits per heavy atom. The second kappa shape index (κ2) is 5.16. The van der Waals surface area contributed by atoms with Crippen LogP contribution >= 0.6 is 0 Å². The average molecular weight is 293 g/mol. The SMILES string of the molecule is CC(N)Cc1noc(-c2c(F)c(F)c(F)c(F)c2F)n1. The lowest BCUT2D eigenvalue weighted by Gasteiger charge is -2.03. The normalized spacial score (nSPS) is 12.8. The zero-order valence-corrected chi connectivity index (χ0v) is 10.1. The Hall–Kier alpha value is -2.03. The van der Waals surface area contributed by atoms with Gasteiger partial charge in [-0.15, -0.1) is 0 Å². The average Bonchev–Trinajstić information content (AvgIpc) is 2.81. The lowest BCUT2D eigenvalue weighted by atomic mass is 10.1. The van der Waals surface area contributed by atoms with Crippen LogP contribution in [0.3, 0.4) is 0 Å². The van der Waals surface area contributed by atoms with Gasteiger partial charge in [0.05, 0.1) is 0 Å². The number of nitrogens with zero attached hydrogens (tertiary/aromatic N) is 2. The summed E-state index contributed by atoms with van der Waals surface area (Å²) in [6.45, 7) is 1.62. The zero-order valence-electron chi connectivity index (χ0n) is 10.1. The first-order valence-electron chi connectivity index (χ1n) is 5.42. The van der Waals surface area contributed by atoms with Crippen LogP contribution in [0.5, 0.6) is 0 Å². The third-order valence-corrected chi connectivity index (χ3v) is 2.40. The van der Waals surface area contributed by atoms with Crippen molar-refractivity contribution in [2.75, 3.05) is 0 Å². The van der Waals surface area contributed by atoms with Crippen molar-refractivity contribution in [1.82, 2.24) is 10.1 Å². The molecule has 1 aromatic carbocycles. The lowest BCUT2D eigenvalue weighted by Crippen LogP contribution is -2.18. The van der Waals surface area contributed by atoms with E-state index in [1.165, 1.54) is 0 Å². The summed E-state index contributed by atoms with van der Waals surface area (Å²) in [6.07, 6.45) is 0.124. The van der Waals surface area contributed by atoms with Gasteiger partial charge in [-0.25, -0.2) is 22.0 Å². The summed E-state index contributed by atoms with van der Waals surface area (Å²) in [7, 11) is 0. The van der Waals surface area contributed by atoms with Gasteiger partial charge in [0.1, 0.15) is 5.56 Å². The van der Waals surface area contributed by atoms with Gasteiger partial charge in [0.25, 0.3) is 5.89 Å².